The third-order valence-electron chi connectivity index (χ3n) is 8.38. The van der Waals surface area contributed by atoms with E-state index in [1.807, 2.05) is 0 Å². The zero-order valence-corrected chi connectivity index (χ0v) is 25.2. The Morgan fingerprint density at radius 3 is 2.18 bits per heavy atom. The van der Waals surface area contributed by atoms with Crippen LogP contribution in [0.5, 0.6) is 0 Å². The molecule has 1 saturated carbocycles. The summed E-state index contributed by atoms with van der Waals surface area (Å²) in [6, 6.07) is 3.32. The van der Waals surface area contributed by atoms with Crippen molar-refractivity contribution < 1.29 is 41.4 Å². The van der Waals surface area contributed by atoms with Gasteiger partial charge in [0.05, 0.1) is 34.8 Å². The molecule has 1 aromatic heterocycles. The highest BCUT2D eigenvalue weighted by Gasteiger charge is 2.45. The number of carboxylic acid groups (broad SMARTS) is 1. The van der Waals surface area contributed by atoms with Gasteiger partial charge in [-0.2, -0.15) is 18.3 Å². The molecule has 1 aliphatic carbocycles. The highest BCUT2D eigenvalue weighted by Crippen LogP contribution is 2.43. The molecular weight excluding hydrogens is 609 g/mol. The lowest BCUT2D eigenvalue weighted by molar-refractivity contribution is -0.152. The lowest BCUT2D eigenvalue weighted by atomic mass is 9.74. The largest absolute Gasteiger partial charge is 0.481 e. The number of nitrogens with zero attached hydrogens (tertiary/aromatic N) is 3. The van der Waals surface area contributed by atoms with Crippen molar-refractivity contribution in [3.8, 4) is 0 Å². The maximum Gasteiger partial charge on any atom is 0.433 e. The Morgan fingerprint density at radius 2 is 1.64 bits per heavy atom. The van der Waals surface area contributed by atoms with Crippen molar-refractivity contribution in [1.29, 1.82) is 0 Å². The smallest absolute Gasteiger partial charge is 0.433 e. The number of aryl methyl sites for hydroxylation is 2. The minimum atomic E-state index is -5.05. The molecule has 3 aromatic rings. The van der Waals surface area contributed by atoms with Gasteiger partial charge in [-0.25, -0.2) is 8.78 Å². The minimum absolute atomic E-state index is 0.0772. The van der Waals surface area contributed by atoms with E-state index in [9.17, 15) is 41.4 Å². The summed E-state index contributed by atoms with van der Waals surface area (Å²) in [6.45, 7) is 5.31. The standard InChI is InChI=1S/C31H31ClF5N3O4/c1-16-9-17(2)25(26(32)18(16)3)24(41)15-39(14-19-10-20(33)12-21(34)11-19)28(42)23-13-38-40(27(23)31(35,36)37)22-5-7-30(4,8-6-22)29(43)44/h9-13,22H,5-8,14-15H2,1-4H3,(H,43,44). The van der Waals surface area contributed by atoms with Crippen molar-refractivity contribution in [2.45, 2.75) is 72.1 Å². The zero-order chi connectivity index (χ0) is 32.7. The molecule has 0 spiro atoms. The third kappa shape index (κ3) is 6.64. The number of benzene rings is 2. The van der Waals surface area contributed by atoms with Gasteiger partial charge in [-0.1, -0.05) is 17.7 Å². The molecule has 1 N–H and O–H groups in total. The van der Waals surface area contributed by atoms with E-state index in [-0.39, 0.29) is 41.8 Å². The Labute approximate surface area is 255 Å². The average molecular weight is 640 g/mol. The second kappa shape index (κ2) is 12.3. The topological polar surface area (TPSA) is 92.5 Å². The molecule has 0 atom stereocenters. The first-order valence-electron chi connectivity index (χ1n) is 13.8. The molecule has 4 rings (SSSR count). The van der Waals surface area contributed by atoms with Crippen molar-refractivity contribution >= 4 is 29.3 Å². The van der Waals surface area contributed by atoms with Crippen molar-refractivity contribution in [2.24, 2.45) is 5.41 Å². The molecule has 0 unspecified atom stereocenters. The van der Waals surface area contributed by atoms with Crippen LogP contribution < -0.4 is 0 Å². The second-order valence-electron chi connectivity index (χ2n) is 11.6. The zero-order valence-electron chi connectivity index (χ0n) is 24.5. The van der Waals surface area contributed by atoms with Crippen molar-refractivity contribution in [3.05, 3.63) is 86.2 Å². The fourth-order valence-electron chi connectivity index (χ4n) is 5.70. The van der Waals surface area contributed by atoms with E-state index in [4.69, 9.17) is 11.6 Å². The molecule has 1 fully saturated rings. The van der Waals surface area contributed by atoms with Gasteiger partial charge in [0.1, 0.15) is 11.6 Å². The van der Waals surface area contributed by atoms with E-state index in [2.05, 4.69) is 5.10 Å². The second-order valence-corrected chi connectivity index (χ2v) is 12.0. The third-order valence-corrected chi connectivity index (χ3v) is 8.85. The quantitative estimate of drug-likeness (QED) is 0.204. The number of Topliss-reactive ketones (excluding diaryl/α,β-unsaturated/α-hetero) is 1. The molecule has 0 saturated heterocycles. The molecule has 44 heavy (non-hydrogen) atoms. The molecule has 1 aliphatic rings. The van der Waals surface area contributed by atoms with Gasteiger partial charge in [-0.3, -0.25) is 19.1 Å². The summed E-state index contributed by atoms with van der Waals surface area (Å²) in [6.07, 6.45) is -3.92. The average Bonchev–Trinajstić information content (AvgIpc) is 3.37. The van der Waals surface area contributed by atoms with Crippen LogP contribution in [-0.4, -0.2) is 44.0 Å². The predicted molar refractivity (Wildman–Crippen MR) is 152 cm³/mol. The molecule has 2 aromatic carbocycles. The summed E-state index contributed by atoms with van der Waals surface area (Å²) in [5.41, 5.74) is -1.40. The summed E-state index contributed by atoms with van der Waals surface area (Å²) in [5, 5.41) is 13.5. The summed E-state index contributed by atoms with van der Waals surface area (Å²) in [7, 11) is 0. The number of carbonyl (C=O) groups excluding carboxylic acids is 2. The van der Waals surface area contributed by atoms with Crippen LogP contribution in [-0.2, 0) is 17.5 Å². The lowest BCUT2D eigenvalue weighted by Crippen LogP contribution is -2.37. The van der Waals surface area contributed by atoms with Gasteiger partial charge < -0.3 is 10.0 Å². The maximum absolute atomic E-state index is 14.5. The van der Waals surface area contributed by atoms with Crippen molar-refractivity contribution in [3.63, 3.8) is 0 Å². The number of rotatable bonds is 8. The number of hydrogen-bond acceptors (Lipinski definition) is 4. The molecule has 1 amide bonds. The van der Waals surface area contributed by atoms with Gasteiger partial charge in [0, 0.05) is 18.2 Å². The van der Waals surface area contributed by atoms with Crippen LogP contribution in [0.2, 0.25) is 5.02 Å². The molecule has 236 valence electrons. The number of amides is 1. The number of aliphatic carboxylic acids is 1. The van der Waals surface area contributed by atoms with E-state index < -0.39 is 71.3 Å². The van der Waals surface area contributed by atoms with Crippen LogP contribution in [0.3, 0.4) is 0 Å². The van der Waals surface area contributed by atoms with Gasteiger partial charge >= 0.3 is 12.1 Å². The molecule has 13 heteroatoms. The molecule has 1 heterocycles. The first-order valence-corrected chi connectivity index (χ1v) is 14.2. The first kappa shape index (κ1) is 33.1. The van der Waals surface area contributed by atoms with Crippen LogP contribution in [0.1, 0.15) is 87.3 Å². The van der Waals surface area contributed by atoms with Crippen LogP contribution >= 0.6 is 11.6 Å². The highest BCUT2D eigenvalue weighted by atomic mass is 35.5. The minimum Gasteiger partial charge on any atom is -0.481 e. The molecular formula is C31H31ClF5N3O4. The number of alkyl halides is 3. The van der Waals surface area contributed by atoms with E-state index in [1.165, 1.54) is 6.92 Å². The summed E-state index contributed by atoms with van der Waals surface area (Å²) >= 11 is 6.47. The van der Waals surface area contributed by atoms with E-state index in [0.717, 1.165) is 28.8 Å². The molecule has 0 bridgehead atoms. The molecule has 7 nitrogen and oxygen atoms in total. The van der Waals surface area contributed by atoms with E-state index in [1.54, 1.807) is 26.8 Å². The maximum atomic E-state index is 14.5. The molecule has 0 radical (unpaired) electrons. The summed E-state index contributed by atoms with van der Waals surface area (Å²) in [5.74, 6) is -4.90. The van der Waals surface area contributed by atoms with Crippen LogP contribution in [0.15, 0.2) is 30.5 Å². The van der Waals surface area contributed by atoms with Gasteiger partial charge in [-0.15, -0.1) is 0 Å². The fraction of sp³-hybridized carbons (Fsp3) is 0.419. The predicted octanol–water partition coefficient (Wildman–Crippen LogP) is 7.49. The number of halogens is 6. The van der Waals surface area contributed by atoms with Crippen LogP contribution in [0.4, 0.5) is 22.0 Å². The SMILES string of the molecule is Cc1cc(C)c(C(=O)CN(Cc2cc(F)cc(F)c2)C(=O)c2cnn(C3CCC(C)(C(=O)O)CC3)c2C(F)(F)F)c(Cl)c1C. The van der Waals surface area contributed by atoms with Crippen molar-refractivity contribution in [2.75, 3.05) is 6.54 Å². The highest BCUT2D eigenvalue weighted by molar-refractivity contribution is 6.35. The number of carboxylic acids is 1. The first-order chi connectivity index (χ1) is 20.4. The normalized spacial score (nSPS) is 18.7. The lowest BCUT2D eigenvalue weighted by Gasteiger charge is -2.34. The Morgan fingerprint density at radius 1 is 1.05 bits per heavy atom. The van der Waals surface area contributed by atoms with Gasteiger partial charge in [0.25, 0.3) is 5.91 Å². The fourth-order valence-corrected chi connectivity index (χ4v) is 6.11. The van der Waals surface area contributed by atoms with Gasteiger partial charge in [-0.05, 0) is 87.8 Å². The summed E-state index contributed by atoms with van der Waals surface area (Å²) in [4.78, 5) is 39.8. The van der Waals surface area contributed by atoms with Crippen LogP contribution in [0.25, 0.3) is 0 Å². The Kier molecular flexibility index (Phi) is 9.25. The Balaban J connectivity index is 1.75. The van der Waals surface area contributed by atoms with Gasteiger partial charge in [0.15, 0.2) is 11.5 Å². The monoisotopic (exact) mass is 639 g/mol. The van der Waals surface area contributed by atoms with Crippen LogP contribution in [0, 0.1) is 37.8 Å². The van der Waals surface area contributed by atoms with Crippen molar-refractivity contribution in [1.82, 2.24) is 14.7 Å². The summed E-state index contributed by atoms with van der Waals surface area (Å²) < 4.78 is 72.4. The Hall–Kier alpha value is -3.80. The van der Waals surface area contributed by atoms with E-state index in [0.29, 0.717) is 21.9 Å². The number of aromatic nitrogens is 2. The number of hydrogen-bond donors (Lipinski definition) is 1. The van der Waals surface area contributed by atoms with E-state index >= 15 is 0 Å². The Bertz CT molecular complexity index is 1610. The number of ketones is 1. The van der Waals surface area contributed by atoms with Gasteiger partial charge in [0.2, 0.25) is 0 Å². The molecule has 0 aliphatic heterocycles. The number of carbonyl (C=O) groups is 3.